The second-order valence-electron chi connectivity index (χ2n) is 16.0. The minimum Gasteiger partial charge on any atom is -0.469 e. The van der Waals surface area contributed by atoms with Crippen LogP contribution in [0.15, 0.2) is 24.3 Å². The molecule has 0 radical (unpaired) electrons. The maximum Gasteiger partial charge on any atom is 0.312 e. The van der Waals surface area contributed by atoms with Gasteiger partial charge in [0.15, 0.2) is 0 Å². The first-order valence-electron chi connectivity index (χ1n) is 18.0. The molecule has 0 bridgehead atoms. The van der Waals surface area contributed by atoms with E-state index in [4.69, 9.17) is 15.2 Å². The monoisotopic (exact) mass is 715 g/mol. The molecule has 0 unspecified atom stereocenters. The van der Waals surface area contributed by atoms with Crippen LogP contribution in [0.5, 0.6) is 0 Å². The van der Waals surface area contributed by atoms with Gasteiger partial charge in [0.1, 0.15) is 18.7 Å². The van der Waals surface area contributed by atoms with Gasteiger partial charge in [-0.3, -0.25) is 24.0 Å². The summed E-state index contributed by atoms with van der Waals surface area (Å²) in [6.45, 7) is 16.9. The van der Waals surface area contributed by atoms with E-state index in [1.807, 2.05) is 0 Å². The SMILES string of the molecule is BC(=O)OCc1ccc(NC(=O)[C@H](CCCNC(N)=O)NC(=O)[C@@H](NC(=O)CCCCCOC(=O)C(CC(C)(C)C)CC(C)(C)C)C(C)C)cc1. The second-order valence-corrected chi connectivity index (χ2v) is 16.0. The molecule has 6 N–H and O–H groups in total. The highest BCUT2D eigenvalue weighted by Crippen LogP contribution is 2.33. The molecule has 13 nitrogen and oxygen atoms in total. The zero-order valence-electron chi connectivity index (χ0n) is 32.2. The molecule has 2 atom stereocenters. The number of nitrogens with one attached hydrogen (secondary N) is 4. The molecule has 0 heterocycles. The van der Waals surface area contributed by atoms with Gasteiger partial charge in [0, 0.05) is 18.7 Å². The van der Waals surface area contributed by atoms with Crippen molar-refractivity contribution < 1.29 is 38.2 Å². The number of hydrogen-bond acceptors (Lipinski definition) is 8. The van der Waals surface area contributed by atoms with E-state index in [0.29, 0.717) is 38.0 Å². The lowest BCUT2D eigenvalue weighted by atomic mass is 9.77. The fraction of sp³-hybridized carbons (Fsp3) is 0.676. The lowest BCUT2D eigenvalue weighted by molar-refractivity contribution is -0.151. The van der Waals surface area contributed by atoms with Crippen molar-refractivity contribution in [3.8, 4) is 0 Å². The van der Waals surface area contributed by atoms with Crippen LogP contribution in [0.1, 0.15) is 112 Å². The predicted octanol–water partition coefficient (Wildman–Crippen LogP) is 4.56. The lowest BCUT2D eigenvalue weighted by Crippen LogP contribution is -2.54. The maximum absolute atomic E-state index is 13.4. The number of carbonyl (C=O) groups is 6. The largest absolute Gasteiger partial charge is 0.469 e. The molecule has 1 aromatic rings. The third kappa shape index (κ3) is 21.0. The molecule has 51 heavy (non-hydrogen) atoms. The van der Waals surface area contributed by atoms with Crippen LogP contribution in [0.3, 0.4) is 0 Å². The van der Waals surface area contributed by atoms with Crippen LogP contribution in [-0.2, 0) is 35.3 Å². The van der Waals surface area contributed by atoms with Gasteiger partial charge in [-0.1, -0.05) is 67.5 Å². The van der Waals surface area contributed by atoms with Crippen LogP contribution >= 0.6 is 0 Å². The standard InChI is InChI=1S/C37H62BN5O8/c1-24(2)30(43-29(44)14-10-9-11-20-50-33(47)26(21-36(3,4)5)22-37(6,7)8)32(46)42-28(13-12-19-40-35(39)49)31(45)41-27-17-15-25(16-18-27)23-51-34(38)48/h15-18,24,26,28,30H,9-14,19-23,38H2,1-8H3,(H,41,45)(H,42,46)(H,43,44)(H3,39,40,49)/t28-,30-/m0/s1. The van der Waals surface area contributed by atoms with Gasteiger partial charge in [-0.15, -0.1) is 0 Å². The van der Waals surface area contributed by atoms with Crippen molar-refractivity contribution in [1.29, 1.82) is 0 Å². The molecule has 286 valence electrons. The van der Waals surface area contributed by atoms with E-state index in [2.05, 4.69) is 62.8 Å². The van der Waals surface area contributed by atoms with Crippen molar-refractivity contribution in [2.24, 2.45) is 28.4 Å². The lowest BCUT2D eigenvalue weighted by Gasteiger charge is -2.29. The second kappa shape index (κ2) is 22.0. The average Bonchev–Trinajstić information content (AvgIpc) is 3.00. The van der Waals surface area contributed by atoms with Crippen LogP contribution in [0, 0.1) is 22.7 Å². The molecule has 0 aromatic heterocycles. The Hall–Kier alpha value is -4.10. The number of primary amides is 1. The van der Waals surface area contributed by atoms with Crippen molar-refractivity contribution in [3.63, 3.8) is 0 Å². The van der Waals surface area contributed by atoms with Crippen molar-refractivity contribution >= 4 is 49.1 Å². The molecule has 0 aliphatic heterocycles. The Morgan fingerprint density at radius 1 is 0.804 bits per heavy atom. The summed E-state index contributed by atoms with van der Waals surface area (Å²) in [5, 5.41) is 10.8. The van der Waals surface area contributed by atoms with Crippen molar-refractivity contribution in [1.82, 2.24) is 16.0 Å². The molecule has 0 saturated heterocycles. The van der Waals surface area contributed by atoms with Gasteiger partial charge in [-0.2, -0.15) is 0 Å². The van der Waals surface area contributed by atoms with E-state index in [-0.39, 0.29) is 60.5 Å². The molecule has 14 heteroatoms. The molecule has 0 aliphatic rings. The third-order valence-corrected chi connectivity index (χ3v) is 7.87. The number of hydrogen-bond donors (Lipinski definition) is 5. The summed E-state index contributed by atoms with van der Waals surface area (Å²) in [4.78, 5) is 74.6. The Bertz CT molecular complexity index is 1280. The smallest absolute Gasteiger partial charge is 0.312 e. The van der Waals surface area contributed by atoms with Gasteiger partial charge in [0.25, 0.3) is 0 Å². The van der Waals surface area contributed by atoms with E-state index in [1.165, 1.54) is 7.85 Å². The first-order valence-corrected chi connectivity index (χ1v) is 18.0. The minimum atomic E-state index is -0.972. The average molecular weight is 716 g/mol. The molecular formula is C37H62BN5O8. The summed E-state index contributed by atoms with van der Waals surface area (Å²) in [5.74, 6) is -2.30. The Kier molecular flexibility index (Phi) is 19.4. The molecule has 0 saturated carbocycles. The first kappa shape index (κ1) is 44.9. The topological polar surface area (TPSA) is 195 Å². The Labute approximate surface area is 305 Å². The van der Waals surface area contributed by atoms with Crippen molar-refractivity contribution in [3.05, 3.63) is 29.8 Å². The molecule has 0 aliphatic carbocycles. The number of benzene rings is 1. The predicted molar refractivity (Wildman–Crippen MR) is 200 cm³/mol. The Morgan fingerprint density at radius 3 is 1.94 bits per heavy atom. The zero-order chi connectivity index (χ0) is 38.8. The summed E-state index contributed by atoms with van der Waals surface area (Å²) < 4.78 is 10.6. The highest BCUT2D eigenvalue weighted by atomic mass is 16.5. The van der Waals surface area contributed by atoms with E-state index >= 15 is 0 Å². The number of rotatable bonds is 21. The summed E-state index contributed by atoms with van der Waals surface area (Å²) in [6.07, 6.45) is 4.09. The van der Waals surface area contributed by atoms with E-state index < -0.39 is 35.8 Å². The van der Waals surface area contributed by atoms with E-state index in [1.54, 1.807) is 38.1 Å². The number of unbranched alkanes of at least 4 members (excludes halogenated alkanes) is 2. The van der Waals surface area contributed by atoms with Gasteiger partial charge in [-0.05, 0) is 79.4 Å². The van der Waals surface area contributed by atoms with Crippen LogP contribution < -0.4 is 27.0 Å². The fourth-order valence-corrected chi connectivity index (χ4v) is 5.50. The number of amides is 5. The third-order valence-electron chi connectivity index (χ3n) is 7.87. The highest BCUT2D eigenvalue weighted by Gasteiger charge is 2.31. The fourth-order valence-electron chi connectivity index (χ4n) is 5.50. The summed E-state index contributed by atoms with van der Waals surface area (Å²) in [6, 6.07) is 4.17. The van der Waals surface area contributed by atoms with Gasteiger partial charge >= 0.3 is 12.0 Å². The molecule has 5 amide bonds. The number of urea groups is 1. The van der Waals surface area contributed by atoms with E-state index in [9.17, 15) is 28.8 Å². The minimum absolute atomic E-state index is 0.00600. The van der Waals surface area contributed by atoms with Crippen molar-refractivity contribution in [2.75, 3.05) is 18.5 Å². The van der Waals surface area contributed by atoms with Gasteiger partial charge in [-0.25, -0.2) is 4.79 Å². The molecule has 1 rings (SSSR count). The van der Waals surface area contributed by atoms with Crippen molar-refractivity contribution in [2.45, 2.75) is 125 Å². The van der Waals surface area contributed by atoms with Crippen LogP contribution in [0.2, 0.25) is 0 Å². The molecular weight excluding hydrogens is 653 g/mol. The van der Waals surface area contributed by atoms with Gasteiger partial charge in [0.2, 0.25) is 31.4 Å². The maximum atomic E-state index is 13.4. The normalized spacial score (nSPS) is 12.8. The number of carbonyl (C=O) groups excluding carboxylic acids is 6. The number of anilines is 1. The quantitative estimate of drug-likeness (QED) is 0.0694. The van der Waals surface area contributed by atoms with Crippen LogP contribution in [-0.4, -0.2) is 68.7 Å². The summed E-state index contributed by atoms with van der Waals surface area (Å²) >= 11 is 0. The van der Waals surface area contributed by atoms with Gasteiger partial charge < -0.3 is 36.5 Å². The number of ether oxygens (including phenoxy) is 2. The molecule has 0 fully saturated rings. The van der Waals surface area contributed by atoms with Gasteiger partial charge in [0.05, 0.1) is 12.5 Å². The first-order chi connectivity index (χ1) is 23.7. The zero-order valence-corrected chi connectivity index (χ0v) is 32.2. The number of esters is 1. The Morgan fingerprint density at radius 2 is 1.41 bits per heavy atom. The highest BCUT2D eigenvalue weighted by molar-refractivity contribution is 6.55. The van der Waals surface area contributed by atoms with Crippen LogP contribution in [0.4, 0.5) is 15.3 Å². The Balaban J connectivity index is 2.73. The van der Waals surface area contributed by atoms with E-state index in [0.717, 1.165) is 18.4 Å². The number of nitrogens with two attached hydrogens (primary N) is 1. The molecule has 1 aromatic carbocycles. The summed E-state index contributed by atoms with van der Waals surface area (Å²) in [5.41, 5.74) is 6.37. The summed E-state index contributed by atoms with van der Waals surface area (Å²) in [7, 11) is 1.32. The van der Waals surface area contributed by atoms with Crippen LogP contribution in [0.25, 0.3) is 0 Å². The molecule has 0 spiro atoms.